The van der Waals surface area contributed by atoms with Gasteiger partial charge in [-0.2, -0.15) is 54.1 Å². The molecule has 0 N–H and O–H groups in total. The Bertz CT molecular complexity index is 1990. The minimum Gasteiger partial charge on any atom is -0.811 e. The summed E-state index contributed by atoms with van der Waals surface area (Å²) in [6.07, 6.45) is 17.8. The molecule has 2 nitrogen and oxygen atoms in total. The molecule has 45 heavy (non-hydrogen) atoms. The number of thiophene rings is 1. The second-order valence-corrected chi connectivity index (χ2v) is 12.5. The van der Waals surface area contributed by atoms with E-state index in [2.05, 4.69) is 47.5 Å². The summed E-state index contributed by atoms with van der Waals surface area (Å²) < 4.78 is 71.4. The summed E-state index contributed by atoms with van der Waals surface area (Å²) in [6, 6.07) is 17.4. The molecule has 1 aromatic heterocycles. The maximum atomic E-state index is 9.18. The first-order valence-electron chi connectivity index (χ1n) is 20.5. The standard InChI is InChI=1S/C24H26NS.C12H15.C5H6N.Ir/c1-16-13-14-22(25-15-16)21-12-6-11-20-19-10-5-9-18(23(19)26-24(20)21)17-7-3-2-4-8-17;1-3-7-11(8-4-1)12-9-5-2-6-10-12;1-2-3-4-5-6;/h5,9-12,15,17H,2-4,6-8,13-14H2,1H3;5-6,9-11H,1,3-4,7-8H2;2-5H,1H2;/q3*-1;+3/b;;4-3-;/i1D3,13D,14D,17D;;1D,3D,4D;/b;;2-1?,4-3-;. The Balaban J connectivity index is 0.000000242. The second-order valence-electron chi connectivity index (χ2n) is 11.4. The van der Waals surface area contributed by atoms with Crippen LogP contribution in [-0.4, -0.2) is 11.9 Å². The average molecular weight is 801 g/mol. The van der Waals surface area contributed by atoms with E-state index in [1.54, 1.807) is 11.3 Å². The van der Waals surface area contributed by atoms with Crippen LogP contribution in [-0.2, 0) is 20.1 Å². The van der Waals surface area contributed by atoms with Gasteiger partial charge in [0.05, 0.1) is 4.11 Å². The molecule has 0 amide bonds. The topological polar surface area (TPSA) is 34.7 Å². The van der Waals surface area contributed by atoms with Gasteiger partial charge in [-0.1, -0.05) is 121 Å². The number of nitrogens with zero attached hydrogens (tertiary/aromatic N) is 2. The molecular weight excluding hydrogens is 745 g/mol. The van der Waals surface area contributed by atoms with Crippen molar-refractivity contribution in [1.82, 2.24) is 0 Å². The van der Waals surface area contributed by atoms with Crippen LogP contribution in [0.15, 0.2) is 84.0 Å². The second kappa shape index (κ2) is 18.4. The summed E-state index contributed by atoms with van der Waals surface area (Å²) in [5.41, 5.74) is 3.86. The molecule has 0 radical (unpaired) electrons. The van der Waals surface area contributed by atoms with E-state index in [9.17, 15) is 1.37 Å². The third kappa shape index (κ3) is 9.38. The zero-order valence-electron chi connectivity index (χ0n) is 34.7. The van der Waals surface area contributed by atoms with Crippen LogP contribution in [0.1, 0.15) is 126 Å². The van der Waals surface area contributed by atoms with Gasteiger partial charge in [0.1, 0.15) is 0 Å². The van der Waals surface area contributed by atoms with Crippen LogP contribution in [0, 0.1) is 12.5 Å². The van der Waals surface area contributed by atoms with Gasteiger partial charge in [-0.15, -0.1) is 0 Å². The van der Waals surface area contributed by atoms with Crippen molar-refractivity contribution >= 4 is 45.0 Å². The van der Waals surface area contributed by atoms with Crippen molar-refractivity contribution in [1.29, 1.82) is 0 Å². The van der Waals surface area contributed by atoms with Crippen molar-refractivity contribution in [3.8, 4) is 0 Å². The maximum absolute atomic E-state index is 9.18. The maximum Gasteiger partial charge on any atom is 3.00 e. The normalized spacial score (nSPS) is 26.2. The summed E-state index contributed by atoms with van der Waals surface area (Å²) >= 11 is 1.65. The average Bonchev–Trinajstić information content (AvgIpc) is 3.56. The number of benzene rings is 2. The van der Waals surface area contributed by atoms with Crippen LogP contribution >= 0.6 is 11.3 Å². The van der Waals surface area contributed by atoms with Crippen molar-refractivity contribution in [3.63, 3.8) is 0 Å². The van der Waals surface area contributed by atoms with Crippen LogP contribution < -0.4 is 9.75 Å². The Hall–Kier alpha value is -2.78. The number of hydrogen-bond acceptors (Lipinski definition) is 2. The Morgan fingerprint density at radius 1 is 1.09 bits per heavy atom. The van der Waals surface area contributed by atoms with Crippen molar-refractivity contribution in [2.45, 2.75) is 102 Å². The molecule has 4 aliphatic rings. The van der Waals surface area contributed by atoms with Gasteiger partial charge in [0.25, 0.3) is 0 Å². The molecule has 4 heteroatoms. The Morgan fingerprint density at radius 2 is 1.87 bits per heavy atom. The Morgan fingerprint density at radius 3 is 2.60 bits per heavy atom. The largest absolute Gasteiger partial charge is 3.00 e. The number of aliphatic imine (C=N–C) groups is 1. The molecule has 2 unspecified atom stereocenters. The monoisotopic (exact) mass is 801 g/mol. The molecule has 1 aliphatic heterocycles. The van der Waals surface area contributed by atoms with Gasteiger partial charge in [0.2, 0.25) is 0 Å². The molecule has 3 aliphatic carbocycles. The Labute approximate surface area is 301 Å². The molecule has 2 aromatic carbocycles. The number of rotatable bonds is 5. The van der Waals surface area contributed by atoms with Gasteiger partial charge >= 0.3 is 20.1 Å². The number of allylic oxidation sites excluding steroid dienone is 4. The molecule has 2 saturated carbocycles. The number of fused-ring (bicyclic) bond motifs is 3. The van der Waals surface area contributed by atoms with E-state index in [4.69, 9.17) is 16.4 Å². The van der Waals surface area contributed by atoms with Gasteiger partial charge < -0.3 is 10.4 Å². The number of hydrogen-bond donors (Lipinski definition) is 0. The van der Waals surface area contributed by atoms with Crippen LogP contribution in [0.25, 0.3) is 27.1 Å². The van der Waals surface area contributed by atoms with Crippen molar-refractivity contribution in [2.75, 3.05) is 0 Å². The zero-order valence-corrected chi connectivity index (χ0v) is 28.9. The van der Waals surface area contributed by atoms with E-state index in [-0.39, 0.29) is 37.8 Å². The van der Waals surface area contributed by atoms with Gasteiger partial charge in [0.15, 0.2) is 0 Å². The Kier molecular flexibility index (Phi) is 9.97. The van der Waals surface area contributed by atoms with Crippen molar-refractivity contribution < 1.29 is 32.4 Å². The first kappa shape index (κ1) is 24.4. The van der Waals surface area contributed by atoms with Crippen molar-refractivity contribution in [3.05, 3.63) is 118 Å². The predicted molar refractivity (Wildman–Crippen MR) is 194 cm³/mol. The van der Waals surface area contributed by atoms with E-state index >= 15 is 0 Å². The fourth-order valence-corrected chi connectivity index (χ4v) is 7.84. The summed E-state index contributed by atoms with van der Waals surface area (Å²) in [7, 11) is 0. The van der Waals surface area contributed by atoms with Gasteiger partial charge in [-0.05, 0) is 61.7 Å². The molecule has 236 valence electrons. The van der Waals surface area contributed by atoms with E-state index in [1.165, 1.54) is 50.3 Å². The zero-order chi connectivity index (χ0) is 38.2. The van der Waals surface area contributed by atoms with Gasteiger partial charge in [-0.25, -0.2) is 11.3 Å². The summed E-state index contributed by atoms with van der Waals surface area (Å²) in [5, 5.41) is 10.4. The molecule has 2 heterocycles. The quantitative estimate of drug-likeness (QED) is 0.140. The predicted octanol–water partition coefficient (Wildman–Crippen LogP) is 10.5. The molecule has 3 aromatic rings. The molecule has 7 rings (SSSR count). The first-order valence-corrected chi connectivity index (χ1v) is 16.6. The third-order valence-electron chi connectivity index (χ3n) is 8.57. The fourth-order valence-electron chi connectivity index (χ4n) is 6.42. The van der Waals surface area contributed by atoms with E-state index in [0.29, 0.717) is 18.3 Å². The summed E-state index contributed by atoms with van der Waals surface area (Å²) in [4.78, 5) is 4.40. The minimum absolute atomic E-state index is 0. The van der Waals surface area contributed by atoms with Crippen LogP contribution in [0.4, 0.5) is 0 Å². The van der Waals surface area contributed by atoms with E-state index < -0.39 is 25.5 Å². The first-order chi connectivity index (χ1) is 25.4. The summed E-state index contributed by atoms with van der Waals surface area (Å²) in [5.74, 6) is 0.285. The van der Waals surface area contributed by atoms with Crippen LogP contribution in [0.3, 0.4) is 0 Å². The molecule has 2 fully saturated rings. The molecular formula is C41H47IrN2S. The van der Waals surface area contributed by atoms with Gasteiger partial charge in [-0.3, -0.25) is 0 Å². The fraction of sp³-hybridized carbons (Fsp3) is 0.390. The van der Waals surface area contributed by atoms with Gasteiger partial charge in [0, 0.05) is 19.1 Å². The molecule has 2 atom stereocenters. The SMILES string of the molecule is [2H]C1C(C([2H])([2H])[2H])=CN=C(C2=c3sc4c(C5([2H])CCCCC5)cccc4c3=CC[CH-]2)C1[2H].[2H]C=C/C([2H])=C(/[2H])C=[N-].[Ir+3].[c-]1ccc(C2CCCCC2)cc1. The minimum atomic E-state index is -2.41. The molecule has 0 saturated heterocycles. The smallest absolute Gasteiger partial charge is 0.811 e. The van der Waals surface area contributed by atoms with E-state index in [1.807, 2.05) is 18.6 Å². The van der Waals surface area contributed by atoms with E-state index in [0.717, 1.165) is 75.2 Å². The van der Waals surface area contributed by atoms with Crippen LogP contribution in [0.5, 0.6) is 0 Å². The van der Waals surface area contributed by atoms with Crippen molar-refractivity contribution in [2.24, 2.45) is 4.99 Å². The third-order valence-corrected chi connectivity index (χ3v) is 9.86. The molecule has 0 bridgehead atoms. The molecule has 0 spiro atoms. The van der Waals surface area contributed by atoms with Crippen LogP contribution in [0.2, 0.25) is 0 Å². The summed E-state index contributed by atoms with van der Waals surface area (Å²) in [6.45, 7) is -1.52.